The zero-order chi connectivity index (χ0) is 31.6. The highest BCUT2D eigenvalue weighted by molar-refractivity contribution is 7.47. The standard InChI is InChI=1S/C37H54NO5P/c1-30(31-19-14-11-15-20-31)37-25-24-35(39)34(37)29-33(36(37)32-21-16-12-17-22-32)23-13-9-7-5-6-8-10-18-27-42-44(40,41)43-28-26-38(2,3)4/h11-12,14-17,19-22,34-35,39H,1,5-10,13,18,23-29H2,2-4H3/p+1. The fraction of sp³-hybridized carbons (Fsp3) is 0.568. The number of hydrogen-bond acceptors (Lipinski definition) is 4. The van der Waals surface area contributed by atoms with Crippen molar-refractivity contribution in [2.45, 2.75) is 83.2 Å². The Morgan fingerprint density at radius 3 is 2.09 bits per heavy atom. The summed E-state index contributed by atoms with van der Waals surface area (Å²) < 4.78 is 22.9. The molecule has 0 bridgehead atoms. The molecule has 0 aromatic heterocycles. The van der Waals surface area contributed by atoms with E-state index < -0.39 is 7.82 Å². The SMILES string of the molecule is C=C(c1ccccc1)C12CCC(O)C1CC(CCCCCCCCCCOP(=O)(O)OCC[N+](C)(C)C)=C2c1ccccc1. The summed E-state index contributed by atoms with van der Waals surface area (Å²) in [4.78, 5) is 9.83. The van der Waals surface area contributed by atoms with E-state index in [0.29, 0.717) is 11.0 Å². The Kier molecular flexibility index (Phi) is 12.6. The van der Waals surface area contributed by atoms with Crippen molar-refractivity contribution in [3.8, 4) is 0 Å². The number of phosphoric acid groups is 1. The zero-order valence-corrected chi connectivity index (χ0v) is 28.1. The van der Waals surface area contributed by atoms with Gasteiger partial charge < -0.3 is 14.5 Å². The van der Waals surface area contributed by atoms with Gasteiger partial charge in [0.05, 0.1) is 33.9 Å². The minimum absolute atomic E-state index is 0.193. The summed E-state index contributed by atoms with van der Waals surface area (Å²) in [5, 5.41) is 11.2. The van der Waals surface area contributed by atoms with Crippen LogP contribution in [0.5, 0.6) is 0 Å². The van der Waals surface area contributed by atoms with Crippen molar-refractivity contribution < 1.29 is 28.1 Å². The summed E-state index contributed by atoms with van der Waals surface area (Å²) in [5.74, 6) is 0.193. The van der Waals surface area contributed by atoms with Crippen LogP contribution in [0.3, 0.4) is 0 Å². The topological polar surface area (TPSA) is 76.0 Å². The van der Waals surface area contributed by atoms with Crippen LogP contribution in [-0.2, 0) is 13.6 Å². The lowest BCUT2D eigenvalue weighted by Crippen LogP contribution is -2.37. The number of quaternary nitrogens is 1. The number of phosphoric ester groups is 1. The molecule has 7 heteroatoms. The van der Waals surface area contributed by atoms with Crippen LogP contribution in [0.25, 0.3) is 11.1 Å². The van der Waals surface area contributed by atoms with Crippen LogP contribution in [0.1, 0.15) is 88.2 Å². The third kappa shape index (κ3) is 9.25. The van der Waals surface area contributed by atoms with Crippen molar-refractivity contribution in [2.75, 3.05) is 40.9 Å². The second-order valence-electron chi connectivity index (χ2n) is 13.8. The normalized spacial score (nSPS) is 23.1. The lowest BCUT2D eigenvalue weighted by Gasteiger charge is -2.37. The monoisotopic (exact) mass is 624 g/mol. The van der Waals surface area contributed by atoms with Gasteiger partial charge >= 0.3 is 7.82 Å². The Bertz CT molecular complexity index is 1270. The van der Waals surface area contributed by atoms with E-state index >= 15 is 0 Å². The van der Waals surface area contributed by atoms with E-state index in [2.05, 4.69) is 67.2 Å². The molecule has 0 radical (unpaired) electrons. The highest BCUT2D eigenvalue weighted by atomic mass is 31.2. The Labute approximate surface area is 266 Å². The Morgan fingerprint density at radius 2 is 1.45 bits per heavy atom. The third-order valence-electron chi connectivity index (χ3n) is 9.56. The molecule has 0 amide bonds. The molecule has 0 aliphatic heterocycles. The predicted octanol–water partition coefficient (Wildman–Crippen LogP) is 8.67. The van der Waals surface area contributed by atoms with Crippen LogP contribution in [0.2, 0.25) is 0 Å². The second-order valence-corrected chi connectivity index (χ2v) is 15.3. The van der Waals surface area contributed by atoms with Gasteiger partial charge in [-0.1, -0.05) is 111 Å². The van der Waals surface area contributed by atoms with Gasteiger partial charge in [0.2, 0.25) is 0 Å². The predicted molar refractivity (Wildman–Crippen MR) is 181 cm³/mol. The molecule has 0 spiro atoms. The third-order valence-corrected chi connectivity index (χ3v) is 10.6. The lowest BCUT2D eigenvalue weighted by atomic mass is 9.66. The molecule has 2 N–H and O–H groups in total. The van der Waals surface area contributed by atoms with Gasteiger partial charge in [-0.15, -0.1) is 0 Å². The first-order chi connectivity index (χ1) is 21.0. The number of unbranched alkanes of at least 4 members (excludes halogenated alkanes) is 7. The number of aliphatic hydroxyl groups excluding tert-OH is 1. The van der Waals surface area contributed by atoms with E-state index in [0.717, 1.165) is 56.9 Å². The van der Waals surface area contributed by atoms with Gasteiger partial charge in [-0.25, -0.2) is 4.57 Å². The number of aliphatic hydroxyl groups is 1. The van der Waals surface area contributed by atoms with Gasteiger partial charge in [-0.2, -0.15) is 0 Å². The molecular weight excluding hydrogens is 569 g/mol. The van der Waals surface area contributed by atoms with Crippen molar-refractivity contribution in [1.82, 2.24) is 0 Å². The summed E-state index contributed by atoms with van der Waals surface area (Å²) in [6.45, 7) is 5.79. The maximum absolute atomic E-state index is 12.0. The zero-order valence-electron chi connectivity index (χ0n) is 27.3. The minimum atomic E-state index is -3.95. The number of likely N-dealkylation sites (N-methyl/N-ethyl adjacent to an activating group) is 1. The molecule has 1 fully saturated rings. The van der Waals surface area contributed by atoms with E-state index in [9.17, 15) is 14.6 Å². The molecule has 2 aliphatic carbocycles. The Morgan fingerprint density at radius 1 is 0.886 bits per heavy atom. The average molecular weight is 625 g/mol. The molecule has 2 aromatic rings. The molecule has 0 saturated heterocycles. The van der Waals surface area contributed by atoms with Gasteiger partial charge in [0.1, 0.15) is 13.2 Å². The molecule has 4 unspecified atom stereocenters. The summed E-state index contributed by atoms with van der Waals surface area (Å²) in [5.41, 5.74) is 6.37. The van der Waals surface area contributed by atoms with Crippen molar-refractivity contribution in [3.63, 3.8) is 0 Å². The number of fused-ring (bicyclic) bond motifs is 1. The molecule has 4 atom stereocenters. The van der Waals surface area contributed by atoms with Crippen molar-refractivity contribution in [1.29, 1.82) is 0 Å². The number of hydrogen-bond donors (Lipinski definition) is 2. The largest absolute Gasteiger partial charge is 0.472 e. The highest BCUT2D eigenvalue weighted by Crippen LogP contribution is 2.66. The molecule has 6 nitrogen and oxygen atoms in total. The maximum Gasteiger partial charge on any atom is 0.472 e. The van der Waals surface area contributed by atoms with Gasteiger partial charge in [-0.3, -0.25) is 9.05 Å². The number of allylic oxidation sites excluding steroid dienone is 3. The molecule has 4 rings (SSSR count). The highest BCUT2D eigenvalue weighted by Gasteiger charge is 2.56. The number of nitrogens with zero attached hydrogens (tertiary/aromatic N) is 1. The summed E-state index contributed by atoms with van der Waals surface area (Å²) in [7, 11) is 2.08. The first-order valence-electron chi connectivity index (χ1n) is 16.7. The van der Waals surface area contributed by atoms with Crippen LogP contribution >= 0.6 is 7.82 Å². The number of rotatable bonds is 19. The van der Waals surface area contributed by atoms with Crippen molar-refractivity contribution in [3.05, 3.63) is 83.9 Å². The summed E-state index contributed by atoms with van der Waals surface area (Å²) in [6, 6.07) is 21.4. The summed E-state index contributed by atoms with van der Waals surface area (Å²) >= 11 is 0. The first-order valence-corrected chi connectivity index (χ1v) is 18.2. The van der Waals surface area contributed by atoms with Crippen LogP contribution in [0.15, 0.2) is 72.8 Å². The van der Waals surface area contributed by atoms with Crippen molar-refractivity contribution >= 4 is 19.0 Å². The van der Waals surface area contributed by atoms with E-state index in [4.69, 9.17) is 9.05 Å². The maximum atomic E-state index is 12.0. The van der Waals surface area contributed by atoms with Gasteiger partial charge in [0, 0.05) is 11.3 Å². The van der Waals surface area contributed by atoms with Crippen molar-refractivity contribution in [2.24, 2.45) is 11.3 Å². The Balaban J connectivity index is 1.23. The van der Waals surface area contributed by atoms with Gasteiger partial charge in [0.25, 0.3) is 0 Å². The van der Waals surface area contributed by atoms with Crippen LogP contribution in [-0.4, -0.2) is 61.5 Å². The molecule has 1 saturated carbocycles. The Hall–Kier alpha value is -2.05. The molecule has 242 valence electrons. The van der Waals surface area contributed by atoms with Crippen LogP contribution < -0.4 is 0 Å². The van der Waals surface area contributed by atoms with Crippen LogP contribution in [0, 0.1) is 11.3 Å². The smallest absolute Gasteiger partial charge is 0.393 e. The van der Waals surface area contributed by atoms with Gasteiger partial charge in [0.15, 0.2) is 0 Å². The lowest BCUT2D eigenvalue weighted by molar-refractivity contribution is -0.870. The van der Waals surface area contributed by atoms with Gasteiger partial charge in [-0.05, 0) is 60.8 Å². The average Bonchev–Trinajstić information content (AvgIpc) is 3.49. The molecule has 0 heterocycles. The summed E-state index contributed by atoms with van der Waals surface area (Å²) in [6.07, 6.45) is 12.3. The quantitative estimate of drug-likeness (QED) is 0.0929. The molecule has 44 heavy (non-hydrogen) atoms. The number of benzene rings is 2. The molecule has 2 aromatic carbocycles. The van der Waals surface area contributed by atoms with E-state index in [-0.39, 0.29) is 30.7 Å². The second kappa shape index (κ2) is 16.0. The first kappa shape index (κ1) is 34.8. The molecule has 2 aliphatic rings. The molecular formula is C37H55NO5P+. The van der Waals surface area contributed by atoms with E-state index in [1.807, 2.05) is 21.1 Å². The van der Waals surface area contributed by atoms with E-state index in [1.54, 1.807) is 0 Å². The fourth-order valence-corrected chi connectivity index (χ4v) is 8.01. The minimum Gasteiger partial charge on any atom is -0.393 e. The van der Waals surface area contributed by atoms with E-state index in [1.165, 1.54) is 48.0 Å². The fourth-order valence-electron chi connectivity index (χ4n) is 7.26. The van der Waals surface area contributed by atoms with Crippen LogP contribution in [0.4, 0.5) is 0 Å².